The first-order valence-electron chi connectivity index (χ1n) is 8.42. The van der Waals surface area contributed by atoms with Gasteiger partial charge in [0.15, 0.2) is 5.16 Å². The quantitative estimate of drug-likeness (QED) is 0.245. The molecule has 28 heavy (non-hydrogen) atoms. The van der Waals surface area contributed by atoms with E-state index in [2.05, 4.69) is 20.0 Å². The van der Waals surface area contributed by atoms with E-state index < -0.39 is 5.82 Å². The van der Waals surface area contributed by atoms with Crippen LogP contribution in [0.2, 0.25) is 5.02 Å². The van der Waals surface area contributed by atoms with E-state index >= 15 is 0 Å². The molecule has 1 aromatic heterocycles. The minimum Gasteiger partial charge on any atom is -0.395 e. The Labute approximate surface area is 176 Å². The summed E-state index contributed by atoms with van der Waals surface area (Å²) in [5.41, 5.74) is 1.18. The van der Waals surface area contributed by atoms with Crippen LogP contribution < -0.4 is 10.0 Å². The predicted octanol–water partition coefficient (Wildman–Crippen LogP) is 5.08. The summed E-state index contributed by atoms with van der Waals surface area (Å²) in [5.74, 6) is 1.49. The van der Waals surface area contributed by atoms with E-state index in [4.69, 9.17) is 16.7 Å². The van der Waals surface area contributed by atoms with E-state index in [0.29, 0.717) is 23.3 Å². The Kier molecular flexibility index (Phi) is 7.79. The summed E-state index contributed by atoms with van der Waals surface area (Å²) in [6.07, 6.45) is 0. The van der Waals surface area contributed by atoms with Crippen LogP contribution >= 0.6 is 35.3 Å². The molecule has 0 atom stereocenters. The van der Waals surface area contributed by atoms with E-state index in [1.165, 1.54) is 35.3 Å². The van der Waals surface area contributed by atoms with Crippen LogP contribution in [0.4, 0.5) is 16.0 Å². The molecule has 5 nitrogen and oxygen atoms in total. The Morgan fingerprint density at radius 3 is 2.57 bits per heavy atom. The molecule has 0 radical (unpaired) electrons. The van der Waals surface area contributed by atoms with Gasteiger partial charge in [-0.1, -0.05) is 53.7 Å². The maximum absolute atomic E-state index is 13.3. The SMILES string of the molecule is OCCNc1cc(NSc2ccc(F)c(Cl)c2)nc(SCc2ccccc2)n1. The normalized spacial score (nSPS) is 10.7. The monoisotopic (exact) mass is 436 g/mol. The fraction of sp³-hybridized carbons (Fsp3) is 0.158. The van der Waals surface area contributed by atoms with Gasteiger partial charge in [0.05, 0.1) is 11.6 Å². The van der Waals surface area contributed by atoms with Crippen LogP contribution in [0, 0.1) is 5.82 Å². The van der Waals surface area contributed by atoms with Gasteiger partial charge in [0.2, 0.25) is 0 Å². The topological polar surface area (TPSA) is 70.1 Å². The van der Waals surface area contributed by atoms with Gasteiger partial charge in [0, 0.05) is 23.3 Å². The molecule has 146 valence electrons. The first-order chi connectivity index (χ1) is 13.6. The fourth-order valence-electron chi connectivity index (χ4n) is 2.19. The lowest BCUT2D eigenvalue weighted by Crippen LogP contribution is -2.08. The lowest BCUT2D eigenvalue weighted by molar-refractivity contribution is 0.311. The lowest BCUT2D eigenvalue weighted by atomic mass is 10.2. The molecule has 0 spiro atoms. The second-order valence-corrected chi connectivity index (χ2v) is 7.86. The zero-order valence-electron chi connectivity index (χ0n) is 14.7. The van der Waals surface area contributed by atoms with Gasteiger partial charge in [0.1, 0.15) is 17.5 Å². The van der Waals surface area contributed by atoms with Crippen LogP contribution in [0.3, 0.4) is 0 Å². The van der Waals surface area contributed by atoms with Gasteiger partial charge in [-0.2, -0.15) is 0 Å². The summed E-state index contributed by atoms with van der Waals surface area (Å²) < 4.78 is 16.4. The van der Waals surface area contributed by atoms with Crippen molar-refractivity contribution in [2.45, 2.75) is 15.8 Å². The number of hydrogen-bond acceptors (Lipinski definition) is 7. The zero-order valence-corrected chi connectivity index (χ0v) is 17.1. The van der Waals surface area contributed by atoms with Crippen molar-refractivity contribution in [1.29, 1.82) is 0 Å². The van der Waals surface area contributed by atoms with Crippen LogP contribution in [0.25, 0.3) is 0 Å². The second-order valence-electron chi connectivity index (χ2n) is 5.63. The van der Waals surface area contributed by atoms with Gasteiger partial charge in [-0.3, -0.25) is 0 Å². The molecule has 0 aliphatic rings. The summed E-state index contributed by atoms with van der Waals surface area (Å²) in [4.78, 5) is 9.76. The third-order valence-electron chi connectivity index (χ3n) is 3.50. The zero-order chi connectivity index (χ0) is 19.8. The van der Waals surface area contributed by atoms with Gasteiger partial charge in [0.25, 0.3) is 0 Å². The number of hydrogen-bond donors (Lipinski definition) is 3. The van der Waals surface area contributed by atoms with Crippen molar-refractivity contribution in [3.63, 3.8) is 0 Å². The maximum Gasteiger partial charge on any atom is 0.191 e. The highest BCUT2D eigenvalue weighted by Gasteiger charge is 2.08. The predicted molar refractivity (Wildman–Crippen MR) is 115 cm³/mol. The fourth-order valence-corrected chi connectivity index (χ4v) is 3.89. The molecule has 0 aliphatic heterocycles. The van der Waals surface area contributed by atoms with Crippen LogP contribution in [0.15, 0.2) is 64.6 Å². The van der Waals surface area contributed by atoms with Crippen LogP contribution in [-0.4, -0.2) is 28.2 Å². The molecule has 0 saturated carbocycles. The van der Waals surface area contributed by atoms with Crippen molar-refractivity contribution in [2.24, 2.45) is 0 Å². The molecule has 3 rings (SSSR count). The highest BCUT2D eigenvalue weighted by Crippen LogP contribution is 2.27. The van der Waals surface area contributed by atoms with E-state index in [9.17, 15) is 4.39 Å². The molecule has 0 unspecified atom stereocenters. The Hall–Kier alpha value is -2.00. The number of rotatable bonds is 9. The number of benzene rings is 2. The first kappa shape index (κ1) is 20.7. The molecule has 0 saturated heterocycles. The van der Waals surface area contributed by atoms with E-state index in [1.54, 1.807) is 18.2 Å². The van der Waals surface area contributed by atoms with E-state index in [-0.39, 0.29) is 11.6 Å². The number of aliphatic hydroxyl groups excluding tert-OH is 1. The highest BCUT2D eigenvalue weighted by molar-refractivity contribution is 8.00. The Bertz CT molecular complexity index is 918. The van der Waals surface area contributed by atoms with Gasteiger partial charge < -0.3 is 15.1 Å². The largest absolute Gasteiger partial charge is 0.395 e. The van der Waals surface area contributed by atoms with Gasteiger partial charge in [-0.05, 0) is 35.7 Å². The number of halogens is 2. The molecule has 0 bridgehead atoms. The molecule has 2 aromatic carbocycles. The lowest BCUT2D eigenvalue weighted by Gasteiger charge is -2.10. The number of thioether (sulfide) groups is 1. The number of aliphatic hydroxyl groups is 1. The van der Waals surface area contributed by atoms with Crippen LogP contribution in [-0.2, 0) is 5.75 Å². The number of nitrogens with one attached hydrogen (secondary N) is 2. The molecule has 0 fully saturated rings. The van der Waals surface area contributed by atoms with Gasteiger partial charge in [-0.15, -0.1) is 0 Å². The van der Waals surface area contributed by atoms with Crippen molar-refractivity contribution in [2.75, 3.05) is 23.2 Å². The molecule has 0 amide bonds. The summed E-state index contributed by atoms with van der Waals surface area (Å²) in [6, 6.07) is 16.3. The summed E-state index contributed by atoms with van der Waals surface area (Å²) in [5, 5.41) is 12.8. The number of anilines is 2. The summed E-state index contributed by atoms with van der Waals surface area (Å²) >= 11 is 8.61. The molecule has 9 heteroatoms. The Morgan fingerprint density at radius 1 is 1.04 bits per heavy atom. The molecular weight excluding hydrogens is 419 g/mol. The minimum absolute atomic E-state index is 0.00207. The molecule has 3 aromatic rings. The maximum atomic E-state index is 13.3. The molecule has 0 aliphatic carbocycles. The molecule has 1 heterocycles. The Morgan fingerprint density at radius 2 is 1.82 bits per heavy atom. The van der Waals surface area contributed by atoms with Crippen molar-refractivity contribution >= 4 is 46.9 Å². The third-order valence-corrected chi connectivity index (χ3v) is 5.51. The van der Waals surface area contributed by atoms with Crippen molar-refractivity contribution in [3.05, 3.63) is 71.0 Å². The molecule has 3 N–H and O–H groups in total. The third kappa shape index (κ3) is 6.27. The van der Waals surface area contributed by atoms with Gasteiger partial charge >= 0.3 is 0 Å². The van der Waals surface area contributed by atoms with E-state index in [0.717, 1.165) is 10.6 Å². The smallest absolute Gasteiger partial charge is 0.191 e. The molecular formula is C19H18ClFN4OS2. The van der Waals surface area contributed by atoms with E-state index in [1.807, 2.05) is 30.3 Å². The standard InChI is InChI=1S/C19H18ClFN4OS2/c20-15-10-14(6-7-16(15)21)28-25-18-11-17(22-8-9-26)23-19(24-18)27-12-13-4-2-1-3-5-13/h1-7,10-11,26H,8-9,12H2,(H2,22,23,24,25). The van der Waals surface area contributed by atoms with Crippen molar-refractivity contribution < 1.29 is 9.50 Å². The van der Waals surface area contributed by atoms with Crippen LogP contribution in [0.5, 0.6) is 0 Å². The van der Waals surface area contributed by atoms with Crippen molar-refractivity contribution in [1.82, 2.24) is 9.97 Å². The van der Waals surface area contributed by atoms with Gasteiger partial charge in [-0.25, -0.2) is 14.4 Å². The summed E-state index contributed by atoms with van der Waals surface area (Å²) in [7, 11) is 0. The van der Waals surface area contributed by atoms with Crippen molar-refractivity contribution in [3.8, 4) is 0 Å². The average Bonchev–Trinajstić information content (AvgIpc) is 2.72. The number of nitrogens with zero attached hydrogens (tertiary/aromatic N) is 2. The second kappa shape index (κ2) is 10.5. The van der Waals surface area contributed by atoms with Crippen LogP contribution in [0.1, 0.15) is 5.56 Å². The highest BCUT2D eigenvalue weighted by atomic mass is 35.5. The minimum atomic E-state index is -0.455. The average molecular weight is 437 g/mol. The Balaban J connectivity index is 1.71. The first-order valence-corrected chi connectivity index (χ1v) is 10.6. The number of aromatic nitrogens is 2. The summed E-state index contributed by atoms with van der Waals surface area (Å²) in [6.45, 7) is 0.391.